The van der Waals surface area contributed by atoms with E-state index in [1.807, 2.05) is 24.5 Å². The molecule has 0 aliphatic carbocycles. The van der Waals surface area contributed by atoms with Gasteiger partial charge in [0, 0.05) is 35.4 Å². The first-order valence-corrected chi connectivity index (χ1v) is 5.04. The van der Waals surface area contributed by atoms with Crippen molar-refractivity contribution in [3.05, 3.63) is 42.4 Å². The Hall–Kier alpha value is -1.13. The van der Waals surface area contributed by atoms with Gasteiger partial charge in [-0.3, -0.25) is 0 Å². The topological polar surface area (TPSA) is 30.7 Å². The number of hydrogen-bond acceptors (Lipinski definition) is 2. The first-order valence-electron chi connectivity index (χ1n) is 5.04. The minimum atomic E-state index is 0. The summed E-state index contributed by atoms with van der Waals surface area (Å²) < 4.78 is 1.77. The van der Waals surface area contributed by atoms with Crippen LogP contribution in [0.5, 0.6) is 0 Å². The molecule has 2 aromatic heterocycles. The van der Waals surface area contributed by atoms with Crippen LogP contribution < -0.4 is 0 Å². The van der Waals surface area contributed by atoms with Crippen LogP contribution in [0.4, 0.5) is 0 Å². The van der Waals surface area contributed by atoms with E-state index in [2.05, 4.69) is 36.9 Å². The maximum absolute atomic E-state index is 4.30. The molecule has 0 saturated heterocycles. The minimum absolute atomic E-state index is 0. The Morgan fingerprint density at radius 3 is 2.50 bits per heavy atom. The van der Waals surface area contributed by atoms with Gasteiger partial charge in [-0.25, -0.2) is 9.67 Å². The van der Waals surface area contributed by atoms with E-state index in [-0.39, 0.29) is 22.2 Å². The molecule has 0 unspecified atom stereocenters. The molecule has 0 fully saturated rings. The van der Waals surface area contributed by atoms with E-state index < -0.39 is 0 Å². The molecule has 0 bridgehead atoms. The van der Waals surface area contributed by atoms with Crippen molar-refractivity contribution in [2.45, 2.75) is 26.2 Å². The van der Waals surface area contributed by atoms with Gasteiger partial charge in [-0.05, 0) is 29.2 Å². The summed E-state index contributed by atoms with van der Waals surface area (Å²) in [6.45, 7) is 6.57. The number of rotatable bonds is 1. The molecule has 0 atom stereocenters. The van der Waals surface area contributed by atoms with E-state index in [4.69, 9.17) is 0 Å². The van der Waals surface area contributed by atoms with Gasteiger partial charge in [0.1, 0.15) is 0 Å². The molecular weight excluding hydrogens is 245 g/mol. The third-order valence-electron chi connectivity index (χ3n) is 2.35. The molecule has 0 saturated carbocycles. The number of pyridine rings is 1. The Kier molecular flexibility index (Phi) is 3.88. The molecule has 0 spiro atoms. The molecule has 0 aliphatic heterocycles. The van der Waals surface area contributed by atoms with Crippen molar-refractivity contribution in [3.63, 3.8) is 0 Å². The van der Waals surface area contributed by atoms with Gasteiger partial charge in [-0.2, -0.15) is 5.10 Å². The zero-order valence-electron chi connectivity index (χ0n) is 9.64. The minimum Gasteiger partial charge on any atom is -0.237 e. The summed E-state index contributed by atoms with van der Waals surface area (Å²) >= 11 is 0. The molecule has 0 amide bonds. The Bertz CT molecular complexity index is 444. The van der Waals surface area contributed by atoms with Gasteiger partial charge in [0.15, 0.2) is 5.82 Å². The van der Waals surface area contributed by atoms with Gasteiger partial charge in [0.05, 0.1) is 0 Å². The molecular formula is C12H15CoN3. The zero-order valence-corrected chi connectivity index (χ0v) is 10.7. The van der Waals surface area contributed by atoms with E-state index in [1.165, 1.54) is 5.56 Å². The van der Waals surface area contributed by atoms with Crippen LogP contribution in [0.2, 0.25) is 0 Å². The van der Waals surface area contributed by atoms with Crippen molar-refractivity contribution in [1.29, 1.82) is 0 Å². The van der Waals surface area contributed by atoms with Crippen molar-refractivity contribution < 1.29 is 16.8 Å². The molecule has 0 aliphatic rings. The fraction of sp³-hybridized carbons (Fsp3) is 0.333. The van der Waals surface area contributed by atoms with Crippen LogP contribution in [-0.4, -0.2) is 14.8 Å². The molecule has 1 radical (unpaired) electrons. The van der Waals surface area contributed by atoms with Gasteiger partial charge in [0.2, 0.25) is 0 Å². The third kappa shape index (κ3) is 2.71. The standard InChI is InChI=1S/C12H15N3.Co/c1-12(2,3)10-5-7-13-11(9-10)15-8-4-6-14-15;/h4-9H,1-3H3;. The van der Waals surface area contributed by atoms with Crippen LogP contribution in [0.3, 0.4) is 0 Å². The number of hydrogen-bond donors (Lipinski definition) is 0. The van der Waals surface area contributed by atoms with E-state index in [0.29, 0.717) is 0 Å². The fourth-order valence-corrected chi connectivity index (χ4v) is 1.41. The monoisotopic (exact) mass is 260 g/mol. The summed E-state index contributed by atoms with van der Waals surface area (Å²) in [5.74, 6) is 0.868. The van der Waals surface area contributed by atoms with Gasteiger partial charge in [-0.1, -0.05) is 20.8 Å². The van der Waals surface area contributed by atoms with Crippen molar-refractivity contribution in [2.75, 3.05) is 0 Å². The Balaban J connectivity index is 0.00000128. The Labute approximate surface area is 106 Å². The van der Waals surface area contributed by atoms with E-state index in [0.717, 1.165) is 5.82 Å². The fourth-order valence-electron chi connectivity index (χ4n) is 1.41. The molecule has 2 rings (SSSR count). The average molecular weight is 260 g/mol. The van der Waals surface area contributed by atoms with Crippen LogP contribution >= 0.6 is 0 Å². The van der Waals surface area contributed by atoms with E-state index in [1.54, 1.807) is 10.9 Å². The van der Waals surface area contributed by atoms with Gasteiger partial charge in [0.25, 0.3) is 0 Å². The van der Waals surface area contributed by atoms with Crippen molar-refractivity contribution >= 4 is 0 Å². The second-order valence-electron chi connectivity index (χ2n) is 4.60. The van der Waals surface area contributed by atoms with Crippen LogP contribution in [0, 0.1) is 0 Å². The first kappa shape index (κ1) is 12.9. The van der Waals surface area contributed by atoms with Gasteiger partial charge in [-0.15, -0.1) is 0 Å². The predicted molar refractivity (Wildman–Crippen MR) is 60.1 cm³/mol. The smallest absolute Gasteiger partial charge is 0.153 e. The van der Waals surface area contributed by atoms with Crippen molar-refractivity contribution in [2.24, 2.45) is 0 Å². The van der Waals surface area contributed by atoms with Crippen LogP contribution in [-0.2, 0) is 22.2 Å². The molecule has 87 valence electrons. The van der Waals surface area contributed by atoms with Crippen molar-refractivity contribution in [1.82, 2.24) is 14.8 Å². The molecule has 0 N–H and O–H groups in total. The number of aromatic nitrogens is 3. The SMILES string of the molecule is CC(C)(C)c1ccnc(-n2cccn2)c1.[Co]. The van der Waals surface area contributed by atoms with Gasteiger partial charge < -0.3 is 0 Å². The molecule has 4 heteroatoms. The first-order chi connectivity index (χ1) is 7.07. The summed E-state index contributed by atoms with van der Waals surface area (Å²) in [4.78, 5) is 4.30. The largest absolute Gasteiger partial charge is 0.237 e. The molecule has 0 aromatic carbocycles. The molecule has 2 heterocycles. The second-order valence-corrected chi connectivity index (χ2v) is 4.60. The van der Waals surface area contributed by atoms with Crippen molar-refractivity contribution in [3.8, 4) is 5.82 Å². The quantitative estimate of drug-likeness (QED) is 0.789. The summed E-state index contributed by atoms with van der Waals surface area (Å²) in [5.41, 5.74) is 1.41. The van der Waals surface area contributed by atoms with Gasteiger partial charge >= 0.3 is 0 Å². The zero-order chi connectivity index (χ0) is 10.9. The number of nitrogens with zero attached hydrogens (tertiary/aromatic N) is 3. The summed E-state index contributed by atoms with van der Waals surface area (Å²) in [5, 5.41) is 4.16. The Morgan fingerprint density at radius 1 is 1.19 bits per heavy atom. The third-order valence-corrected chi connectivity index (χ3v) is 2.35. The van der Waals surface area contributed by atoms with E-state index >= 15 is 0 Å². The van der Waals surface area contributed by atoms with Crippen LogP contribution in [0.15, 0.2) is 36.8 Å². The second kappa shape index (κ2) is 4.80. The van der Waals surface area contributed by atoms with Crippen LogP contribution in [0.1, 0.15) is 26.3 Å². The van der Waals surface area contributed by atoms with Crippen LogP contribution in [0.25, 0.3) is 5.82 Å². The maximum atomic E-state index is 4.30. The maximum Gasteiger partial charge on any atom is 0.153 e. The summed E-state index contributed by atoms with van der Waals surface area (Å²) in [7, 11) is 0. The molecule has 2 aromatic rings. The molecule has 16 heavy (non-hydrogen) atoms. The van der Waals surface area contributed by atoms with E-state index in [9.17, 15) is 0 Å². The Morgan fingerprint density at radius 2 is 1.94 bits per heavy atom. The predicted octanol–water partition coefficient (Wildman–Crippen LogP) is 2.56. The molecule has 3 nitrogen and oxygen atoms in total. The summed E-state index contributed by atoms with van der Waals surface area (Å²) in [6, 6.07) is 6.02. The normalized spacial score (nSPS) is 10.9. The summed E-state index contributed by atoms with van der Waals surface area (Å²) in [6.07, 6.45) is 5.48. The average Bonchev–Trinajstić information content (AvgIpc) is 2.69.